The van der Waals surface area contributed by atoms with Gasteiger partial charge in [-0.25, -0.2) is 19.2 Å². The number of amides is 3. The normalized spacial score (nSPS) is 12.9. The minimum Gasteiger partial charge on any atom is -0.480 e. The number of nitrogens with one attached hydrogen (secondary N) is 2. The van der Waals surface area contributed by atoms with Crippen LogP contribution in [0.15, 0.2) is 30.6 Å². The van der Waals surface area contributed by atoms with Crippen molar-refractivity contribution in [3.05, 3.63) is 47.7 Å². The molecule has 162 valence electrons. The molecule has 3 amide bonds. The topological polar surface area (TPSA) is 180 Å². The first-order chi connectivity index (χ1) is 14.2. The molecule has 0 unspecified atom stereocenters. The molecule has 2 aromatic rings. The number of hydrogen-bond donors (Lipinski definition) is 5. The molecule has 2 rings (SSSR count). The second kappa shape index (κ2) is 9.91. The number of urea groups is 1. The number of ether oxygens (including phenoxy) is 2. The molecule has 0 saturated carbocycles. The number of benzene rings is 1. The van der Waals surface area contributed by atoms with E-state index in [1.54, 1.807) is 0 Å². The van der Waals surface area contributed by atoms with Gasteiger partial charge in [0.1, 0.15) is 11.5 Å². The number of methoxy groups -OCH3 is 2. The third-order valence-electron chi connectivity index (χ3n) is 4.15. The van der Waals surface area contributed by atoms with Gasteiger partial charge >= 0.3 is 6.03 Å². The van der Waals surface area contributed by atoms with E-state index in [1.165, 1.54) is 38.7 Å². The first-order valence-electron chi connectivity index (χ1n) is 8.76. The van der Waals surface area contributed by atoms with Crippen molar-refractivity contribution in [1.29, 1.82) is 0 Å². The van der Waals surface area contributed by atoms with Crippen molar-refractivity contribution in [1.82, 2.24) is 15.3 Å². The number of aromatic nitrogens is 2. The quantitative estimate of drug-likeness (QED) is 0.351. The van der Waals surface area contributed by atoms with Gasteiger partial charge in [-0.05, 0) is 18.2 Å². The standard InChI is InChI=1S/C18H24FN7O4/c1-29-9-18(6-14(20)21,26-17(22)28)11-5-10(3-4-12(11)19)25-16(27)13-7-24-15(30-2)8-23-13/h3-5,7-8,14H,6,9,20-21H2,1-2H3,(H,25,27)(H3,22,26,28)/t18-/m0/s1. The van der Waals surface area contributed by atoms with E-state index >= 15 is 0 Å². The molecular weight excluding hydrogens is 397 g/mol. The van der Waals surface area contributed by atoms with Gasteiger partial charge in [-0.3, -0.25) is 4.79 Å². The maximum Gasteiger partial charge on any atom is 0.312 e. The molecule has 0 bridgehead atoms. The Labute approximate surface area is 172 Å². The minimum atomic E-state index is -1.46. The number of nitrogens with zero attached hydrogens (tertiary/aromatic N) is 2. The molecule has 0 saturated heterocycles. The van der Waals surface area contributed by atoms with Crippen LogP contribution in [-0.2, 0) is 10.3 Å². The summed E-state index contributed by atoms with van der Waals surface area (Å²) in [5.41, 5.74) is 15.5. The van der Waals surface area contributed by atoms with Gasteiger partial charge < -0.3 is 37.3 Å². The highest BCUT2D eigenvalue weighted by molar-refractivity contribution is 6.02. The number of hydrogen-bond acceptors (Lipinski definition) is 8. The van der Waals surface area contributed by atoms with Gasteiger partial charge in [0.25, 0.3) is 5.91 Å². The summed E-state index contributed by atoms with van der Waals surface area (Å²) in [7, 11) is 2.79. The van der Waals surface area contributed by atoms with E-state index in [-0.39, 0.29) is 35.9 Å². The molecule has 0 aliphatic carbocycles. The Bertz CT molecular complexity index is 895. The second-order valence-corrected chi connectivity index (χ2v) is 6.47. The molecular formula is C18H24FN7O4. The Hall–Kier alpha value is -3.35. The summed E-state index contributed by atoms with van der Waals surface area (Å²) in [4.78, 5) is 31.9. The zero-order valence-electron chi connectivity index (χ0n) is 16.5. The molecule has 1 atom stereocenters. The summed E-state index contributed by atoms with van der Waals surface area (Å²) in [6, 6.07) is 2.88. The van der Waals surface area contributed by atoms with Crippen LogP contribution < -0.4 is 32.6 Å². The van der Waals surface area contributed by atoms with Gasteiger partial charge in [0.05, 0.1) is 37.8 Å². The maximum absolute atomic E-state index is 14.8. The van der Waals surface area contributed by atoms with Crippen LogP contribution in [0.4, 0.5) is 14.9 Å². The lowest BCUT2D eigenvalue weighted by molar-refractivity contribution is 0.0999. The van der Waals surface area contributed by atoms with Crippen molar-refractivity contribution in [3.8, 4) is 5.88 Å². The summed E-state index contributed by atoms with van der Waals surface area (Å²) in [5, 5.41) is 5.06. The number of anilines is 1. The lowest BCUT2D eigenvalue weighted by atomic mass is 9.85. The van der Waals surface area contributed by atoms with Crippen LogP contribution in [0.3, 0.4) is 0 Å². The molecule has 0 radical (unpaired) electrons. The second-order valence-electron chi connectivity index (χ2n) is 6.47. The average molecular weight is 421 g/mol. The van der Waals surface area contributed by atoms with Crippen molar-refractivity contribution >= 4 is 17.6 Å². The van der Waals surface area contributed by atoms with E-state index < -0.39 is 29.5 Å². The average Bonchev–Trinajstić information content (AvgIpc) is 2.68. The van der Waals surface area contributed by atoms with Crippen molar-refractivity contribution in [2.45, 2.75) is 18.1 Å². The van der Waals surface area contributed by atoms with Crippen LogP contribution in [0.5, 0.6) is 5.88 Å². The van der Waals surface area contributed by atoms with E-state index in [9.17, 15) is 14.0 Å². The fourth-order valence-electron chi connectivity index (χ4n) is 2.99. The number of primary amides is 1. The summed E-state index contributed by atoms with van der Waals surface area (Å²) in [6.07, 6.45) is 1.52. The van der Waals surface area contributed by atoms with Crippen LogP contribution >= 0.6 is 0 Å². The molecule has 1 aromatic carbocycles. The van der Waals surface area contributed by atoms with Crippen molar-refractivity contribution < 1.29 is 23.5 Å². The number of rotatable bonds is 9. The van der Waals surface area contributed by atoms with Crippen molar-refractivity contribution in [3.63, 3.8) is 0 Å². The first-order valence-corrected chi connectivity index (χ1v) is 8.76. The van der Waals surface area contributed by atoms with Gasteiger partial charge in [-0.2, -0.15) is 0 Å². The lowest BCUT2D eigenvalue weighted by Crippen LogP contribution is -2.55. The fourth-order valence-corrected chi connectivity index (χ4v) is 2.99. The van der Waals surface area contributed by atoms with Crippen molar-refractivity contribution in [2.24, 2.45) is 17.2 Å². The van der Waals surface area contributed by atoms with E-state index in [0.717, 1.165) is 6.07 Å². The summed E-state index contributed by atoms with van der Waals surface area (Å²) >= 11 is 0. The van der Waals surface area contributed by atoms with E-state index in [2.05, 4.69) is 20.6 Å². The molecule has 0 spiro atoms. The molecule has 0 aliphatic heterocycles. The zero-order chi connectivity index (χ0) is 22.3. The third-order valence-corrected chi connectivity index (χ3v) is 4.15. The van der Waals surface area contributed by atoms with Gasteiger partial charge in [0.15, 0.2) is 0 Å². The molecule has 0 fully saturated rings. The Morgan fingerprint density at radius 1 is 1.23 bits per heavy atom. The Morgan fingerprint density at radius 2 is 1.97 bits per heavy atom. The summed E-state index contributed by atoms with van der Waals surface area (Å²) in [5.74, 6) is -1.02. The summed E-state index contributed by atoms with van der Waals surface area (Å²) in [6.45, 7) is -0.168. The van der Waals surface area contributed by atoms with Crippen LogP contribution in [-0.4, -0.2) is 48.9 Å². The monoisotopic (exact) mass is 421 g/mol. The summed E-state index contributed by atoms with van der Waals surface area (Å²) < 4.78 is 24.8. The van der Waals surface area contributed by atoms with Gasteiger partial charge in [-0.1, -0.05) is 0 Å². The molecule has 1 heterocycles. The third kappa shape index (κ3) is 5.59. The number of carbonyl (C=O) groups excluding carboxylic acids is 2. The Morgan fingerprint density at radius 3 is 2.50 bits per heavy atom. The number of nitrogens with two attached hydrogens (primary N) is 3. The van der Waals surface area contributed by atoms with E-state index in [1.807, 2.05) is 0 Å². The Kier molecular flexibility index (Phi) is 7.58. The molecule has 0 aliphatic rings. The van der Waals surface area contributed by atoms with Crippen LogP contribution in [0, 0.1) is 5.82 Å². The smallest absolute Gasteiger partial charge is 0.312 e. The van der Waals surface area contributed by atoms with Gasteiger partial charge in [0, 0.05) is 24.8 Å². The van der Waals surface area contributed by atoms with Crippen LogP contribution in [0.2, 0.25) is 0 Å². The molecule has 11 nitrogen and oxygen atoms in total. The number of carbonyl (C=O) groups is 2. The van der Waals surface area contributed by atoms with Crippen molar-refractivity contribution in [2.75, 3.05) is 26.1 Å². The highest BCUT2D eigenvalue weighted by atomic mass is 19.1. The minimum absolute atomic E-state index is 0.0114. The highest BCUT2D eigenvalue weighted by Crippen LogP contribution is 2.31. The molecule has 12 heteroatoms. The molecule has 8 N–H and O–H groups in total. The molecule has 1 aromatic heterocycles. The zero-order valence-corrected chi connectivity index (χ0v) is 16.5. The SMILES string of the molecule is COC[C@](CC(N)N)(NC(N)=O)c1cc(NC(=O)c2cnc(OC)cn2)ccc1F. The predicted molar refractivity (Wildman–Crippen MR) is 106 cm³/mol. The largest absolute Gasteiger partial charge is 0.480 e. The van der Waals surface area contributed by atoms with Gasteiger partial charge in [0.2, 0.25) is 5.88 Å². The number of halogens is 1. The first kappa shape index (κ1) is 22.9. The maximum atomic E-state index is 14.8. The van der Waals surface area contributed by atoms with Crippen LogP contribution in [0.1, 0.15) is 22.5 Å². The van der Waals surface area contributed by atoms with E-state index in [0.29, 0.717) is 0 Å². The molecule has 30 heavy (non-hydrogen) atoms. The fraction of sp³-hybridized carbons (Fsp3) is 0.333. The Balaban J connectivity index is 2.40. The van der Waals surface area contributed by atoms with Gasteiger partial charge in [-0.15, -0.1) is 0 Å². The highest BCUT2D eigenvalue weighted by Gasteiger charge is 2.37. The van der Waals surface area contributed by atoms with Crippen LogP contribution in [0.25, 0.3) is 0 Å². The lowest BCUT2D eigenvalue weighted by Gasteiger charge is -2.35. The predicted octanol–water partition coefficient (Wildman–Crippen LogP) is 0.0202. The van der Waals surface area contributed by atoms with E-state index in [4.69, 9.17) is 26.7 Å².